The molecule has 0 bridgehead atoms. The summed E-state index contributed by atoms with van der Waals surface area (Å²) in [6.07, 6.45) is -0.0412. The molecule has 0 saturated heterocycles. The summed E-state index contributed by atoms with van der Waals surface area (Å²) < 4.78 is 6.30. The van der Waals surface area contributed by atoms with Gasteiger partial charge in [0.25, 0.3) is 5.91 Å². The van der Waals surface area contributed by atoms with Gasteiger partial charge in [0.2, 0.25) is 0 Å². The third-order valence-corrected chi connectivity index (χ3v) is 5.50. The monoisotopic (exact) mass is 382 g/mol. The number of benzene rings is 2. The summed E-state index contributed by atoms with van der Waals surface area (Å²) in [4.78, 5) is 15.3. The average Bonchev–Trinajstić information content (AvgIpc) is 2.74. The summed E-state index contributed by atoms with van der Waals surface area (Å²) in [6.45, 7) is 5.62. The molecule has 5 nitrogen and oxygen atoms in total. The number of nitrogens with one attached hydrogen (secondary N) is 1. The van der Waals surface area contributed by atoms with Crippen molar-refractivity contribution in [3.63, 3.8) is 0 Å². The number of ether oxygens (including phenoxy) is 1. The number of likely N-dealkylation sites (N-methyl/N-ethyl adjacent to an activating group) is 1. The van der Waals surface area contributed by atoms with Crippen molar-refractivity contribution in [1.29, 1.82) is 0 Å². The van der Waals surface area contributed by atoms with Crippen molar-refractivity contribution in [1.82, 2.24) is 10.2 Å². The molecular weight excluding hydrogens is 352 g/mol. The zero-order valence-electron chi connectivity index (χ0n) is 16.9. The second kappa shape index (κ2) is 9.32. The van der Waals surface area contributed by atoms with Gasteiger partial charge in [-0.15, -0.1) is 0 Å². The maximum absolute atomic E-state index is 13.5. The van der Waals surface area contributed by atoms with Crippen LogP contribution >= 0.6 is 0 Å². The van der Waals surface area contributed by atoms with Crippen LogP contribution in [0.2, 0.25) is 0 Å². The average molecular weight is 383 g/mol. The first-order valence-corrected chi connectivity index (χ1v) is 9.92. The van der Waals surface area contributed by atoms with Gasteiger partial charge in [0.15, 0.2) is 0 Å². The van der Waals surface area contributed by atoms with Crippen LogP contribution in [0.25, 0.3) is 11.1 Å². The Balaban J connectivity index is 2.14. The Bertz CT molecular complexity index is 808. The van der Waals surface area contributed by atoms with E-state index < -0.39 is 0 Å². The van der Waals surface area contributed by atoms with Crippen molar-refractivity contribution in [3.05, 3.63) is 59.7 Å². The lowest BCUT2D eigenvalue weighted by molar-refractivity contribution is -0.00645. The minimum absolute atomic E-state index is 0.0412. The number of carbonyl (C=O) groups is 1. The van der Waals surface area contributed by atoms with Gasteiger partial charge in [-0.05, 0) is 36.7 Å². The Labute approximate surface area is 167 Å². The van der Waals surface area contributed by atoms with Crippen LogP contribution in [0, 0.1) is 5.92 Å². The molecule has 28 heavy (non-hydrogen) atoms. The van der Waals surface area contributed by atoms with Gasteiger partial charge in [-0.1, -0.05) is 49.4 Å². The van der Waals surface area contributed by atoms with Gasteiger partial charge in [-0.25, -0.2) is 0 Å². The lowest BCUT2D eigenvalue weighted by Gasteiger charge is -2.33. The maximum atomic E-state index is 13.5. The maximum Gasteiger partial charge on any atom is 0.254 e. The normalized spacial score (nSPS) is 21.4. The first kappa shape index (κ1) is 20.5. The Morgan fingerprint density at radius 3 is 2.46 bits per heavy atom. The van der Waals surface area contributed by atoms with E-state index in [-0.39, 0.29) is 30.6 Å². The molecule has 1 heterocycles. The Hall–Kier alpha value is -2.21. The number of rotatable bonds is 4. The van der Waals surface area contributed by atoms with Gasteiger partial charge >= 0.3 is 0 Å². The van der Waals surface area contributed by atoms with E-state index in [2.05, 4.69) is 18.3 Å². The molecule has 3 atom stereocenters. The second-order valence-corrected chi connectivity index (χ2v) is 7.58. The molecule has 2 aromatic rings. The topological polar surface area (TPSA) is 61.8 Å². The third kappa shape index (κ3) is 4.27. The highest BCUT2D eigenvalue weighted by Gasteiger charge is 2.29. The van der Waals surface area contributed by atoms with Gasteiger partial charge in [0.1, 0.15) is 0 Å². The van der Waals surface area contributed by atoms with E-state index in [9.17, 15) is 9.90 Å². The van der Waals surface area contributed by atoms with Crippen LogP contribution in [0.3, 0.4) is 0 Å². The standard InChI is InChI=1S/C23H30N2O3/c1-16-13-25(17(2)14-26)23(27)21-11-7-6-10-20(21)19-9-5-4-8-18(19)15-28-22(16)12-24-3/h4-11,16-17,22,24,26H,12-15H2,1-3H3/t16-,17-,22-/m0/s1. The number of hydrogen-bond donors (Lipinski definition) is 2. The first-order chi connectivity index (χ1) is 13.6. The molecule has 1 amide bonds. The second-order valence-electron chi connectivity index (χ2n) is 7.58. The highest BCUT2D eigenvalue weighted by molar-refractivity contribution is 6.01. The summed E-state index contributed by atoms with van der Waals surface area (Å²) in [6, 6.07) is 15.5. The minimum Gasteiger partial charge on any atom is -0.394 e. The number of hydrogen-bond acceptors (Lipinski definition) is 4. The van der Waals surface area contributed by atoms with Crippen LogP contribution in [0.5, 0.6) is 0 Å². The number of amides is 1. The van der Waals surface area contributed by atoms with E-state index >= 15 is 0 Å². The zero-order chi connectivity index (χ0) is 20.1. The van der Waals surface area contributed by atoms with E-state index in [4.69, 9.17) is 4.74 Å². The molecule has 0 saturated carbocycles. The molecule has 0 radical (unpaired) electrons. The molecule has 2 N–H and O–H groups in total. The quantitative estimate of drug-likeness (QED) is 0.854. The Morgan fingerprint density at radius 1 is 1.14 bits per heavy atom. The van der Waals surface area contributed by atoms with Crippen molar-refractivity contribution >= 4 is 5.91 Å². The summed E-state index contributed by atoms with van der Waals surface area (Å²) >= 11 is 0. The number of fused-ring (bicyclic) bond motifs is 3. The summed E-state index contributed by atoms with van der Waals surface area (Å²) in [5.41, 5.74) is 3.65. The summed E-state index contributed by atoms with van der Waals surface area (Å²) in [5, 5.41) is 13.0. The lowest BCUT2D eigenvalue weighted by atomic mass is 9.94. The molecule has 150 valence electrons. The molecule has 0 aliphatic carbocycles. The SMILES string of the molecule is CNC[C@@H]1OCc2ccccc2-c2ccccc2C(=O)N([C@@H](C)CO)C[C@@H]1C. The molecular formula is C23H30N2O3. The summed E-state index contributed by atoms with van der Waals surface area (Å²) in [5.74, 6) is 0.0618. The van der Waals surface area contributed by atoms with Crippen molar-refractivity contribution in [2.75, 3.05) is 26.7 Å². The highest BCUT2D eigenvalue weighted by atomic mass is 16.5. The number of aliphatic hydroxyl groups excluding tert-OH is 1. The van der Waals surface area contributed by atoms with Crippen LogP contribution in [-0.4, -0.2) is 54.8 Å². The fourth-order valence-electron chi connectivity index (χ4n) is 3.78. The van der Waals surface area contributed by atoms with Crippen molar-refractivity contribution < 1.29 is 14.6 Å². The smallest absolute Gasteiger partial charge is 0.254 e. The third-order valence-electron chi connectivity index (χ3n) is 5.50. The van der Waals surface area contributed by atoms with Crippen molar-refractivity contribution in [2.24, 2.45) is 5.92 Å². The van der Waals surface area contributed by atoms with E-state index in [1.807, 2.05) is 56.4 Å². The van der Waals surface area contributed by atoms with E-state index in [1.165, 1.54) is 0 Å². The van der Waals surface area contributed by atoms with Gasteiger partial charge in [-0.3, -0.25) is 4.79 Å². The van der Waals surface area contributed by atoms with E-state index in [1.54, 1.807) is 4.90 Å². The van der Waals surface area contributed by atoms with Crippen molar-refractivity contribution in [3.8, 4) is 11.1 Å². The molecule has 0 spiro atoms. The first-order valence-electron chi connectivity index (χ1n) is 9.92. The molecule has 0 unspecified atom stereocenters. The number of aliphatic hydroxyl groups is 1. The lowest BCUT2D eigenvalue weighted by Crippen LogP contribution is -2.46. The fraction of sp³-hybridized carbons (Fsp3) is 0.435. The van der Waals surface area contributed by atoms with Crippen LogP contribution in [-0.2, 0) is 11.3 Å². The molecule has 3 rings (SSSR count). The fourth-order valence-corrected chi connectivity index (χ4v) is 3.78. The molecule has 5 heteroatoms. The predicted octanol–water partition coefficient (Wildman–Crippen LogP) is 2.93. The van der Waals surface area contributed by atoms with Crippen molar-refractivity contribution in [2.45, 2.75) is 32.6 Å². The Morgan fingerprint density at radius 2 is 1.79 bits per heavy atom. The molecule has 1 aliphatic rings. The van der Waals surface area contributed by atoms with Gasteiger partial charge in [0.05, 0.1) is 25.4 Å². The van der Waals surface area contributed by atoms with E-state index in [0.717, 1.165) is 16.7 Å². The highest BCUT2D eigenvalue weighted by Crippen LogP contribution is 2.30. The van der Waals surface area contributed by atoms with Gasteiger partial charge in [-0.2, -0.15) is 0 Å². The zero-order valence-corrected chi connectivity index (χ0v) is 16.9. The van der Waals surface area contributed by atoms with Crippen LogP contribution < -0.4 is 5.32 Å². The van der Waals surface area contributed by atoms with Crippen LogP contribution in [0.1, 0.15) is 29.8 Å². The minimum atomic E-state index is -0.269. The van der Waals surface area contributed by atoms with Gasteiger partial charge < -0.3 is 20.1 Å². The number of nitrogens with zero attached hydrogens (tertiary/aromatic N) is 1. The Kier molecular flexibility index (Phi) is 6.83. The molecule has 0 fully saturated rings. The summed E-state index contributed by atoms with van der Waals surface area (Å²) in [7, 11) is 1.91. The van der Waals surface area contributed by atoms with Crippen LogP contribution in [0.15, 0.2) is 48.5 Å². The van der Waals surface area contributed by atoms with Crippen LogP contribution in [0.4, 0.5) is 0 Å². The molecule has 1 aliphatic heterocycles. The van der Waals surface area contributed by atoms with Gasteiger partial charge in [0, 0.05) is 24.6 Å². The molecule has 2 aromatic carbocycles. The van der Waals surface area contributed by atoms with E-state index in [0.29, 0.717) is 25.3 Å². The predicted molar refractivity (Wildman–Crippen MR) is 111 cm³/mol. The molecule has 0 aromatic heterocycles. The number of carbonyl (C=O) groups excluding carboxylic acids is 1. The largest absolute Gasteiger partial charge is 0.394 e.